The van der Waals surface area contributed by atoms with Crippen molar-refractivity contribution in [3.05, 3.63) is 54.1 Å². The molecule has 1 aliphatic heterocycles. The van der Waals surface area contributed by atoms with Crippen LogP contribution in [0.15, 0.2) is 47.8 Å². The summed E-state index contributed by atoms with van der Waals surface area (Å²) >= 11 is 0. The number of nitrogens with one attached hydrogen (secondary N) is 7. The Balaban J connectivity index is 1.78. The number of imidazole rings is 1. The normalized spacial score (nSPS) is 16.4. The Morgan fingerprint density at radius 1 is 0.838 bits per heavy atom. The van der Waals surface area contributed by atoms with Crippen molar-refractivity contribution in [3.63, 3.8) is 0 Å². The average Bonchev–Trinajstić information content (AvgIpc) is 4.00. The van der Waals surface area contributed by atoms with E-state index in [0.717, 1.165) is 0 Å². The largest absolute Gasteiger partial charge is 0.481 e. The quantitative estimate of drug-likeness (QED) is 0.0244. The Morgan fingerprint density at radius 3 is 2.09 bits per heavy atom. The van der Waals surface area contributed by atoms with E-state index in [0.29, 0.717) is 37.1 Å². The van der Waals surface area contributed by atoms with E-state index in [1.165, 1.54) is 17.4 Å². The molecule has 1 fully saturated rings. The summed E-state index contributed by atoms with van der Waals surface area (Å²) in [5.74, 6) is -8.83. The highest BCUT2D eigenvalue weighted by Gasteiger charge is 2.39. The number of carboxylic acid groups (broad SMARTS) is 2. The number of amides is 7. The lowest BCUT2D eigenvalue weighted by molar-refractivity contribution is -0.143. The van der Waals surface area contributed by atoms with Crippen molar-refractivity contribution < 1.29 is 53.4 Å². The van der Waals surface area contributed by atoms with Gasteiger partial charge in [0.25, 0.3) is 0 Å². The molecule has 8 atom stereocenters. The van der Waals surface area contributed by atoms with Gasteiger partial charge in [0.1, 0.15) is 36.3 Å². The van der Waals surface area contributed by atoms with Crippen LogP contribution < -0.4 is 49.1 Å². The highest BCUT2D eigenvalue weighted by atomic mass is 16.4. The second-order valence-electron chi connectivity index (χ2n) is 17.2. The number of nitrogens with two attached hydrogens (primary N) is 3. The molecule has 3 rings (SSSR count). The Morgan fingerprint density at radius 2 is 1.49 bits per heavy atom. The molecule has 1 saturated heterocycles. The Hall–Kier alpha value is -7.11. The lowest BCUT2D eigenvalue weighted by atomic mass is 9.98. The van der Waals surface area contributed by atoms with Gasteiger partial charge in [-0.2, -0.15) is 0 Å². The molecular formula is C44H67N13O11. The maximum atomic E-state index is 14.0. The fourth-order valence-electron chi connectivity index (χ4n) is 7.35. The van der Waals surface area contributed by atoms with Gasteiger partial charge in [-0.3, -0.25) is 43.3 Å². The molecule has 0 unspecified atom stereocenters. The fraction of sp³-hybridized carbons (Fsp3) is 0.568. The number of likely N-dealkylation sites (tertiary alicyclic amines) is 1. The van der Waals surface area contributed by atoms with Gasteiger partial charge in [-0.1, -0.05) is 64.4 Å². The minimum absolute atomic E-state index is 0.00815. The number of aromatic amines is 1. The smallest absolute Gasteiger partial charge is 0.326 e. The molecule has 0 spiro atoms. The first kappa shape index (κ1) is 55.2. The van der Waals surface area contributed by atoms with Crippen LogP contribution in [0.5, 0.6) is 0 Å². The van der Waals surface area contributed by atoms with Crippen molar-refractivity contribution in [2.45, 2.75) is 128 Å². The van der Waals surface area contributed by atoms with Gasteiger partial charge in [-0.25, -0.2) is 9.78 Å². The third-order valence-corrected chi connectivity index (χ3v) is 11.3. The van der Waals surface area contributed by atoms with E-state index in [2.05, 4.69) is 46.9 Å². The maximum absolute atomic E-state index is 14.0. The monoisotopic (exact) mass is 954 g/mol. The Bertz CT molecular complexity index is 2070. The van der Waals surface area contributed by atoms with Crippen LogP contribution in [0.4, 0.5) is 0 Å². The summed E-state index contributed by atoms with van der Waals surface area (Å²) in [5, 5.41) is 34.3. The van der Waals surface area contributed by atoms with E-state index in [4.69, 9.17) is 17.2 Å². The van der Waals surface area contributed by atoms with Crippen LogP contribution in [-0.4, -0.2) is 146 Å². The molecule has 1 aromatic carbocycles. The number of aliphatic carboxylic acids is 2. The Kier molecular flexibility index (Phi) is 22.3. The van der Waals surface area contributed by atoms with E-state index < -0.39 is 103 Å². The van der Waals surface area contributed by atoms with Crippen molar-refractivity contribution in [1.29, 1.82) is 0 Å². The van der Waals surface area contributed by atoms with E-state index >= 15 is 0 Å². The first-order valence-electron chi connectivity index (χ1n) is 22.6. The molecule has 24 heteroatoms. The van der Waals surface area contributed by atoms with Gasteiger partial charge in [0.2, 0.25) is 41.4 Å². The van der Waals surface area contributed by atoms with Gasteiger partial charge >= 0.3 is 11.9 Å². The molecule has 2 aromatic rings. The summed E-state index contributed by atoms with van der Waals surface area (Å²) in [5.41, 5.74) is 18.1. The minimum Gasteiger partial charge on any atom is -0.481 e. The van der Waals surface area contributed by atoms with Crippen LogP contribution in [0.3, 0.4) is 0 Å². The summed E-state index contributed by atoms with van der Waals surface area (Å²) < 4.78 is 0. The summed E-state index contributed by atoms with van der Waals surface area (Å²) in [6.07, 6.45) is 3.15. The molecule has 374 valence electrons. The van der Waals surface area contributed by atoms with Gasteiger partial charge in [-0.05, 0) is 49.5 Å². The highest BCUT2D eigenvalue weighted by Crippen LogP contribution is 2.21. The second-order valence-corrected chi connectivity index (χ2v) is 17.2. The van der Waals surface area contributed by atoms with E-state index in [1.54, 1.807) is 30.3 Å². The number of carbonyl (C=O) groups excluding carboxylic acids is 7. The summed E-state index contributed by atoms with van der Waals surface area (Å²) in [4.78, 5) is 131. The van der Waals surface area contributed by atoms with Gasteiger partial charge in [0, 0.05) is 37.8 Å². The zero-order chi connectivity index (χ0) is 50.5. The molecule has 68 heavy (non-hydrogen) atoms. The van der Waals surface area contributed by atoms with E-state index in [1.807, 2.05) is 27.7 Å². The summed E-state index contributed by atoms with van der Waals surface area (Å²) in [6, 6.07) is -0.127. The van der Waals surface area contributed by atoms with Crippen molar-refractivity contribution in [2.75, 3.05) is 19.6 Å². The van der Waals surface area contributed by atoms with Crippen molar-refractivity contribution in [3.8, 4) is 0 Å². The number of aromatic nitrogens is 2. The molecule has 1 aliphatic rings. The van der Waals surface area contributed by atoms with Gasteiger partial charge in [0.05, 0.1) is 25.3 Å². The Labute approximate surface area is 394 Å². The van der Waals surface area contributed by atoms with Crippen LogP contribution in [-0.2, 0) is 56.0 Å². The molecule has 0 aliphatic carbocycles. The fourth-order valence-corrected chi connectivity index (χ4v) is 7.35. The SMILES string of the molecule is CC[C@H](C)[C@H](N)C(=O)N1CCC[C@H]1C(=O)N[C@@H](CC(C)C)C(=O)N[C@@H](Cc1ccccc1)C(=O)NCC(=O)N[C@@H](CCCN=C(N)N)C(=O)N[C@@H](CC(=O)O)C(=O)N[C@@H](Cc1cnc[nH]1)C(=O)O. The molecule has 24 nitrogen and oxygen atoms in total. The van der Waals surface area contributed by atoms with Crippen molar-refractivity contribution in [1.82, 2.24) is 46.8 Å². The number of hydrogen-bond acceptors (Lipinski definition) is 12. The van der Waals surface area contributed by atoms with Crippen molar-refractivity contribution in [2.24, 2.45) is 34.0 Å². The molecule has 0 radical (unpaired) electrons. The topological polar surface area (TPSA) is 389 Å². The lowest BCUT2D eigenvalue weighted by Crippen LogP contribution is -2.59. The zero-order valence-corrected chi connectivity index (χ0v) is 38.9. The van der Waals surface area contributed by atoms with Crippen LogP contribution in [0.2, 0.25) is 0 Å². The number of aliphatic imine (C=N–C) groups is 1. The second kappa shape index (κ2) is 27.5. The first-order chi connectivity index (χ1) is 32.2. The van der Waals surface area contributed by atoms with Crippen LogP contribution in [0.25, 0.3) is 0 Å². The average molecular weight is 954 g/mol. The standard InChI is InChI=1S/C44H67N13O11/c1-5-25(4)36(45)42(66)57-16-10-14-33(57)41(65)55-29(17-24(2)3)39(63)53-30(18-26-11-7-6-8-12-26)37(61)50-22-34(58)52-28(13-9-15-49-44(46)47)38(62)54-31(20-35(59)60)40(64)56-32(43(67)68)19-27-21-48-23-51-27/h6-8,11-12,21,23-25,28-33,36H,5,9-10,13-20,22,45H2,1-4H3,(H,48,51)(H,50,61)(H,52,58)(H,53,63)(H,54,62)(H,55,65)(H,56,64)(H,59,60)(H,67,68)(H4,46,47,49)/t25-,28-,29-,30-,31-,32-,33-,36-/m0/s1. The van der Waals surface area contributed by atoms with Gasteiger partial charge in [-0.15, -0.1) is 0 Å². The highest BCUT2D eigenvalue weighted by molar-refractivity contribution is 5.97. The number of rotatable bonds is 28. The molecule has 0 saturated carbocycles. The van der Waals surface area contributed by atoms with Gasteiger partial charge in [0.15, 0.2) is 5.96 Å². The molecule has 0 bridgehead atoms. The van der Waals surface area contributed by atoms with Crippen LogP contribution in [0.1, 0.15) is 83.9 Å². The third-order valence-electron chi connectivity index (χ3n) is 11.3. The molecular weight excluding hydrogens is 887 g/mol. The molecule has 15 N–H and O–H groups in total. The summed E-state index contributed by atoms with van der Waals surface area (Å²) in [7, 11) is 0. The molecule has 1 aromatic heterocycles. The number of carboxylic acids is 2. The van der Waals surface area contributed by atoms with E-state index in [-0.39, 0.29) is 62.4 Å². The maximum Gasteiger partial charge on any atom is 0.326 e. The first-order valence-corrected chi connectivity index (χ1v) is 22.6. The lowest BCUT2D eigenvalue weighted by Gasteiger charge is -2.30. The van der Waals surface area contributed by atoms with Crippen molar-refractivity contribution >= 4 is 59.2 Å². The van der Waals surface area contributed by atoms with Gasteiger partial charge < -0.3 is 69.2 Å². The van der Waals surface area contributed by atoms with E-state index in [9.17, 15) is 53.4 Å². The number of guanidine groups is 1. The van der Waals surface area contributed by atoms with Crippen LogP contribution >= 0.6 is 0 Å². The predicted molar refractivity (Wildman–Crippen MR) is 247 cm³/mol. The number of hydrogen-bond donors (Lipinski definition) is 12. The predicted octanol–water partition coefficient (Wildman–Crippen LogP) is -2.24. The summed E-state index contributed by atoms with van der Waals surface area (Å²) in [6.45, 7) is 7.10. The minimum atomic E-state index is -1.79. The zero-order valence-electron chi connectivity index (χ0n) is 38.9. The molecule has 7 amide bonds. The number of nitrogens with zero attached hydrogens (tertiary/aromatic N) is 3. The third kappa shape index (κ3) is 18.3. The van der Waals surface area contributed by atoms with Crippen LogP contribution in [0, 0.1) is 11.8 Å². The number of carbonyl (C=O) groups is 9. The number of benzene rings is 1. The number of H-pyrrole nitrogens is 1. The molecule has 2 heterocycles.